The molecule has 1 aliphatic heterocycles. The van der Waals surface area contributed by atoms with Crippen LogP contribution < -0.4 is 5.32 Å². The number of thiocarbonyl (C=S) groups is 1. The molecule has 0 spiro atoms. The van der Waals surface area contributed by atoms with Gasteiger partial charge in [-0.3, -0.25) is 0 Å². The molecule has 23 heavy (non-hydrogen) atoms. The average molecular weight is 358 g/mol. The van der Waals surface area contributed by atoms with Gasteiger partial charge >= 0.3 is 0 Å². The van der Waals surface area contributed by atoms with E-state index in [1.165, 1.54) is 18.4 Å². The zero-order valence-electron chi connectivity index (χ0n) is 13.8. The van der Waals surface area contributed by atoms with Crippen LogP contribution in [0.1, 0.15) is 13.8 Å². The fraction of sp³-hybridized carbons (Fsp3) is 0.533. The van der Waals surface area contributed by atoms with Crippen molar-refractivity contribution in [1.29, 1.82) is 0 Å². The predicted octanol–water partition coefficient (Wildman–Crippen LogP) is 1.74. The van der Waals surface area contributed by atoms with Crippen molar-refractivity contribution < 1.29 is 13.2 Å². The van der Waals surface area contributed by atoms with Crippen molar-refractivity contribution in [2.75, 3.05) is 32.5 Å². The second-order valence-electron chi connectivity index (χ2n) is 5.91. The number of sulfonamides is 1. The first-order valence-corrected chi connectivity index (χ1v) is 9.29. The molecular formula is C15H23N3O3S2. The second-order valence-corrected chi connectivity index (χ2v) is 8.45. The van der Waals surface area contributed by atoms with Gasteiger partial charge in [-0.2, -0.15) is 0 Å². The first-order chi connectivity index (χ1) is 10.7. The molecule has 1 heterocycles. The number of nitrogens with zero attached hydrogens (tertiary/aromatic N) is 2. The van der Waals surface area contributed by atoms with Crippen LogP contribution in [0.5, 0.6) is 0 Å². The lowest BCUT2D eigenvalue weighted by molar-refractivity contribution is -0.0473. The van der Waals surface area contributed by atoms with Gasteiger partial charge in [0.25, 0.3) is 0 Å². The number of rotatable bonds is 3. The fourth-order valence-corrected chi connectivity index (χ4v) is 3.71. The summed E-state index contributed by atoms with van der Waals surface area (Å²) in [6, 6.07) is 6.66. The summed E-state index contributed by atoms with van der Waals surface area (Å²) >= 11 is 5.45. The summed E-state index contributed by atoms with van der Waals surface area (Å²) in [4.78, 5) is 2.28. The Hall–Kier alpha value is -1.22. The molecule has 0 saturated carbocycles. The van der Waals surface area contributed by atoms with Crippen LogP contribution in [0.4, 0.5) is 5.69 Å². The quantitative estimate of drug-likeness (QED) is 0.832. The number of ether oxygens (including phenoxy) is 1. The summed E-state index contributed by atoms with van der Waals surface area (Å²) in [5.74, 6) is 0. The van der Waals surface area contributed by atoms with E-state index >= 15 is 0 Å². The summed E-state index contributed by atoms with van der Waals surface area (Å²) in [6.45, 7) is 5.45. The minimum atomic E-state index is -3.46. The minimum Gasteiger partial charge on any atom is -0.372 e. The van der Waals surface area contributed by atoms with E-state index in [0.29, 0.717) is 23.9 Å². The maximum atomic E-state index is 12.2. The van der Waals surface area contributed by atoms with E-state index in [0.717, 1.165) is 0 Å². The molecule has 0 aliphatic carbocycles. The fourth-order valence-electron chi connectivity index (χ4n) is 2.49. The Kier molecular flexibility index (Phi) is 5.61. The highest BCUT2D eigenvalue weighted by Crippen LogP contribution is 2.19. The number of benzene rings is 1. The Labute approximate surface area is 143 Å². The molecule has 0 unspecified atom stereocenters. The smallest absolute Gasteiger partial charge is 0.242 e. The highest BCUT2D eigenvalue weighted by Gasteiger charge is 2.24. The van der Waals surface area contributed by atoms with Gasteiger partial charge in [-0.1, -0.05) is 6.07 Å². The largest absolute Gasteiger partial charge is 0.372 e. The Morgan fingerprint density at radius 3 is 2.48 bits per heavy atom. The maximum Gasteiger partial charge on any atom is 0.242 e. The lowest BCUT2D eigenvalue weighted by Gasteiger charge is -2.36. The number of hydrogen-bond donors (Lipinski definition) is 1. The molecule has 1 N–H and O–H groups in total. The van der Waals surface area contributed by atoms with Crippen LogP contribution in [-0.2, 0) is 14.8 Å². The summed E-state index contributed by atoms with van der Waals surface area (Å²) in [5, 5.41) is 3.70. The monoisotopic (exact) mass is 357 g/mol. The van der Waals surface area contributed by atoms with E-state index < -0.39 is 10.0 Å². The Morgan fingerprint density at radius 1 is 1.30 bits per heavy atom. The van der Waals surface area contributed by atoms with Crippen LogP contribution in [0.3, 0.4) is 0 Å². The molecule has 2 atom stereocenters. The molecule has 1 fully saturated rings. The van der Waals surface area contributed by atoms with E-state index in [9.17, 15) is 8.42 Å². The highest BCUT2D eigenvalue weighted by molar-refractivity contribution is 7.89. The molecule has 6 nitrogen and oxygen atoms in total. The highest BCUT2D eigenvalue weighted by atomic mass is 32.2. The van der Waals surface area contributed by atoms with Crippen LogP contribution in [-0.4, -0.2) is 62.1 Å². The van der Waals surface area contributed by atoms with Gasteiger partial charge in [0, 0.05) is 32.9 Å². The minimum absolute atomic E-state index is 0.110. The van der Waals surface area contributed by atoms with Crippen molar-refractivity contribution >= 4 is 33.0 Å². The molecule has 1 aromatic rings. The Morgan fingerprint density at radius 2 is 1.91 bits per heavy atom. The van der Waals surface area contributed by atoms with Gasteiger partial charge in [0.05, 0.1) is 17.1 Å². The van der Waals surface area contributed by atoms with Crippen LogP contribution in [0.2, 0.25) is 0 Å². The molecule has 8 heteroatoms. The van der Waals surface area contributed by atoms with Gasteiger partial charge in [-0.05, 0) is 44.3 Å². The first kappa shape index (κ1) is 18.1. The number of anilines is 1. The zero-order chi connectivity index (χ0) is 17.2. The van der Waals surface area contributed by atoms with Crippen molar-refractivity contribution in [1.82, 2.24) is 9.21 Å². The Balaban J connectivity index is 2.13. The van der Waals surface area contributed by atoms with E-state index in [-0.39, 0.29) is 17.1 Å². The molecule has 2 rings (SSSR count). The molecule has 1 aromatic carbocycles. The van der Waals surface area contributed by atoms with Crippen molar-refractivity contribution in [3.63, 3.8) is 0 Å². The molecule has 128 valence electrons. The van der Waals surface area contributed by atoms with Crippen LogP contribution in [0, 0.1) is 0 Å². The predicted molar refractivity (Wildman–Crippen MR) is 95.1 cm³/mol. The van der Waals surface area contributed by atoms with Crippen molar-refractivity contribution in [2.24, 2.45) is 0 Å². The van der Waals surface area contributed by atoms with Crippen LogP contribution in [0.25, 0.3) is 0 Å². The van der Waals surface area contributed by atoms with Gasteiger partial charge in [-0.15, -0.1) is 0 Å². The summed E-state index contributed by atoms with van der Waals surface area (Å²) in [5.41, 5.74) is 0.657. The van der Waals surface area contributed by atoms with Gasteiger partial charge in [0.15, 0.2) is 5.11 Å². The lowest BCUT2D eigenvalue weighted by atomic mass is 10.2. The van der Waals surface area contributed by atoms with E-state index in [2.05, 4.69) is 5.32 Å². The number of morpholine rings is 1. The lowest BCUT2D eigenvalue weighted by Crippen LogP contribution is -2.49. The van der Waals surface area contributed by atoms with E-state index in [4.69, 9.17) is 17.0 Å². The zero-order valence-corrected chi connectivity index (χ0v) is 15.4. The first-order valence-electron chi connectivity index (χ1n) is 7.44. The number of hydrogen-bond acceptors (Lipinski definition) is 4. The van der Waals surface area contributed by atoms with Crippen molar-refractivity contribution in [3.8, 4) is 0 Å². The third-order valence-electron chi connectivity index (χ3n) is 3.57. The molecule has 0 aromatic heterocycles. The number of nitrogens with one attached hydrogen (secondary N) is 1. The van der Waals surface area contributed by atoms with Gasteiger partial charge in [0.2, 0.25) is 10.0 Å². The summed E-state index contributed by atoms with van der Waals surface area (Å²) < 4.78 is 31.3. The molecule has 0 radical (unpaired) electrons. The molecule has 0 bridgehead atoms. The molecule has 1 aliphatic rings. The maximum absolute atomic E-state index is 12.2. The topological polar surface area (TPSA) is 61.9 Å². The third-order valence-corrected chi connectivity index (χ3v) is 5.74. The molecule has 0 amide bonds. The van der Waals surface area contributed by atoms with Crippen molar-refractivity contribution in [2.45, 2.75) is 31.0 Å². The van der Waals surface area contributed by atoms with E-state index in [1.807, 2.05) is 18.7 Å². The third kappa shape index (κ3) is 4.41. The SMILES string of the molecule is C[C@H]1CN(C(=S)Nc2cccc(S(=O)(=O)N(C)C)c2)C[C@H](C)O1. The van der Waals surface area contributed by atoms with Crippen molar-refractivity contribution in [3.05, 3.63) is 24.3 Å². The molecule has 1 saturated heterocycles. The van der Waals surface area contributed by atoms with Gasteiger partial charge in [-0.25, -0.2) is 12.7 Å². The Bertz CT molecular complexity index is 666. The normalized spacial score (nSPS) is 22.2. The summed E-state index contributed by atoms with van der Waals surface area (Å²) in [6.07, 6.45) is 0.220. The van der Waals surface area contributed by atoms with Gasteiger partial charge < -0.3 is 15.0 Å². The average Bonchev–Trinajstić information content (AvgIpc) is 2.46. The summed E-state index contributed by atoms with van der Waals surface area (Å²) in [7, 11) is -0.440. The van der Waals surface area contributed by atoms with Crippen LogP contribution in [0.15, 0.2) is 29.2 Å². The van der Waals surface area contributed by atoms with Gasteiger partial charge in [0.1, 0.15) is 0 Å². The van der Waals surface area contributed by atoms with E-state index in [1.54, 1.807) is 24.3 Å². The molecular weight excluding hydrogens is 334 g/mol. The second kappa shape index (κ2) is 7.12. The standard InChI is InChI=1S/C15H23N3O3S2/c1-11-9-18(10-12(2)21-11)15(22)16-13-6-5-7-14(8-13)23(19,20)17(3)4/h5-8,11-12H,9-10H2,1-4H3,(H,16,22)/t11-,12-/m0/s1. The van der Waals surface area contributed by atoms with Crippen LogP contribution >= 0.6 is 12.2 Å².